The zero-order valence-electron chi connectivity index (χ0n) is 13.6. The van der Waals surface area contributed by atoms with E-state index in [1.807, 2.05) is 9.58 Å². The molecular formula is C17H24N4O2. The van der Waals surface area contributed by atoms with Crippen LogP contribution in [0.25, 0.3) is 0 Å². The first-order chi connectivity index (χ1) is 11.1. The van der Waals surface area contributed by atoms with E-state index < -0.39 is 6.04 Å². The first-order valence-electron chi connectivity index (χ1n) is 8.70. The Labute approximate surface area is 136 Å². The minimum atomic E-state index is -0.486. The average Bonchev–Trinajstić information content (AvgIpc) is 3.48. The summed E-state index contributed by atoms with van der Waals surface area (Å²) in [6.45, 7) is 3.43. The molecule has 1 aromatic rings. The van der Waals surface area contributed by atoms with Crippen molar-refractivity contribution >= 4 is 11.8 Å². The maximum Gasteiger partial charge on any atom is 0.255 e. The van der Waals surface area contributed by atoms with E-state index in [2.05, 4.69) is 10.4 Å². The number of hydrogen-bond donors (Lipinski definition) is 1. The lowest BCUT2D eigenvalue weighted by Crippen LogP contribution is -2.49. The molecule has 0 aromatic carbocycles. The van der Waals surface area contributed by atoms with Gasteiger partial charge in [-0.05, 0) is 50.9 Å². The van der Waals surface area contributed by atoms with Crippen LogP contribution in [0.15, 0.2) is 12.4 Å². The quantitative estimate of drug-likeness (QED) is 0.920. The van der Waals surface area contributed by atoms with Gasteiger partial charge in [-0.2, -0.15) is 5.10 Å². The maximum absolute atomic E-state index is 12.5. The van der Waals surface area contributed by atoms with E-state index in [1.54, 1.807) is 19.3 Å². The number of aromatic nitrogens is 2. The molecule has 2 amide bonds. The molecule has 1 N–H and O–H groups in total. The predicted octanol–water partition coefficient (Wildman–Crippen LogP) is 1.74. The smallest absolute Gasteiger partial charge is 0.255 e. The van der Waals surface area contributed by atoms with Crippen molar-refractivity contribution in [2.24, 2.45) is 5.41 Å². The Bertz CT molecular complexity index is 620. The lowest BCUT2D eigenvalue weighted by Gasteiger charge is -2.33. The van der Waals surface area contributed by atoms with Crippen LogP contribution in [-0.2, 0) is 4.79 Å². The molecule has 3 aliphatic rings. The highest BCUT2D eigenvalue weighted by Crippen LogP contribution is 2.53. The van der Waals surface area contributed by atoms with Crippen LogP contribution in [0.4, 0.5) is 0 Å². The molecule has 2 aliphatic carbocycles. The molecule has 4 rings (SSSR count). The Kier molecular flexibility index (Phi) is 3.43. The summed E-state index contributed by atoms with van der Waals surface area (Å²) in [5.74, 6) is -0.183. The van der Waals surface area contributed by atoms with Gasteiger partial charge in [0.2, 0.25) is 5.91 Å². The summed E-state index contributed by atoms with van der Waals surface area (Å²) in [5, 5.41) is 7.04. The van der Waals surface area contributed by atoms with Crippen LogP contribution in [0.1, 0.15) is 61.8 Å². The number of nitrogens with one attached hydrogen (secondary N) is 1. The Morgan fingerprint density at radius 3 is 2.57 bits per heavy atom. The van der Waals surface area contributed by atoms with Gasteiger partial charge >= 0.3 is 0 Å². The standard InChI is InChI=1S/C17H24N4O2/c1-12(16(23)20-8-6-17(4-5-17)7-9-20)19-15(22)13-10-18-21(11-13)14-2-3-14/h10-12,14H,2-9H2,1H3,(H,19,22)/t12-/m0/s1. The van der Waals surface area contributed by atoms with Crippen molar-refractivity contribution in [3.8, 4) is 0 Å². The van der Waals surface area contributed by atoms with Crippen molar-refractivity contribution in [3.63, 3.8) is 0 Å². The predicted molar refractivity (Wildman–Crippen MR) is 84.9 cm³/mol. The topological polar surface area (TPSA) is 67.2 Å². The summed E-state index contributed by atoms with van der Waals surface area (Å²) >= 11 is 0. The number of piperidine rings is 1. The van der Waals surface area contributed by atoms with Crippen LogP contribution in [0.3, 0.4) is 0 Å². The molecule has 23 heavy (non-hydrogen) atoms. The number of carbonyl (C=O) groups is 2. The van der Waals surface area contributed by atoms with Gasteiger partial charge in [-0.15, -0.1) is 0 Å². The molecule has 0 radical (unpaired) electrons. The Morgan fingerprint density at radius 2 is 1.96 bits per heavy atom. The molecule has 1 aliphatic heterocycles. The van der Waals surface area contributed by atoms with E-state index in [0.717, 1.165) is 38.8 Å². The largest absolute Gasteiger partial charge is 0.341 e. The average molecular weight is 316 g/mol. The van der Waals surface area contributed by atoms with Gasteiger partial charge in [0.25, 0.3) is 5.91 Å². The number of rotatable bonds is 4. The third kappa shape index (κ3) is 2.99. The fraction of sp³-hybridized carbons (Fsp3) is 0.706. The summed E-state index contributed by atoms with van der Waals surface area (Å²) in [6.07, 6.45) is 10.5. The second-order valence-electron chi connectivity index (χ2n) is 7.46. The zero-order valence-corrected chi connectivity index (χ0v) is 13.6. The molecule has 3 fully saturated rings. The maximum atomic E-state index is 12.5. The molecule has 1 saturated heterocycles. The van der Waals surface area contributed by atoms with Gasteiger partial charge in [-0.25, -0.2) is 0 Å². The van der Waals surface area contributed by atoms with Gasteiger partial charge in [0.05, 0.1) is 17.8 Å². The van der Waals surface area contributed by atoms with Crippen molar-refractivity contribution in [1.82, 2.24) is 20.0 Å². The molecule has 124 valence electrons. The van der Waals surface area contributed by atoms with Crippen LogP contribution in [0, 0.1) is 5.41 Å². The summed E-state index contributed by atoms with van der Waals surface area (Å²) in [6, 6.07) is -0.0290. The molecule has 1 spiro atoms. The van der Waals surface area contributed by atoms with E-state index in [1.165, 1.54) is 12.8 Å². The summed E-state index contributed by atoms with van der Waals surface area (Å²) < 4.78 is 1.85. The number of amides is 2. The number of likely N-dealkylation sites (tertiary alicyclic amines) is 1. The van der Waals surface area contributed by atoms with E-state index in [0.29, 0.717) is 17.0 Å². The summed E-state index contributed by atoms with van der Waals surface area (Å²) in [7, 11) is 0. The Balaban J connectivity index is 1.31. The van der Waals surface area contributed by atoms with Gasteiger partial charge in [0.1, 0.15) is 6.04 Å². The van der Waals surface area contributed by atoms with Gasteiger partial charge in [-0.3, -0.25) is 14.3 Å². The molecule has 6 nitrogen and oxygen atoms in total. The summed E-state index contributed by atoms with van der Waals surface area (Å²) in [5.41, 5.74) is 1.09. The fourth-order valence-electron chi connectivity index (χ4n) is 3.49. The van der Waals surface area contributed by atoms with Crippen molar-refractivity contribution < 1.29 is 9.59 Å². The second kappa shape index (κ2) is 5.35. The highest BCUT2D eigenvalue weighted by molar-refractivity contribution is 5.97. The van der Waals surface area contributed by atoms with Crippen molar-refractivity contribution in [2.75, 3.05) is 13.1 Å². The van der Waals surface area contributed by atoms with Crippen LogP contribution in [0.2, 0.25) is 0 Å². The molecule has 1 atom stereocenters. The third-order valence-electron chi connectivity index (χ3n) is 5.60. The van der Waals surface area contributed by atoms with E-state index >= 15 is 0 Å². The van der Waals surface area contributed by atoms with Crippen LogP contribution in [0.5, 0.6) is 0 Å². The molecular weight excluding hydrogens is 292 g/mol. The van der Waals surface area contributed by atoms with E-state index in [-0.39, 0.29) is 11.8 Å². The second-order valence-corrected chi connectivity index (χ2v) is 7.46. The van der Waals surface area contributed by atoms with Gasteiger partial charge < -0.3 is 10.2 Å². The zero-order chi connectivity index (χ0) is 16.0. The molecule has 0 unspecified atom stereocenters. The summed E-state index contributed by atoms with van der Waals surface area (Å²) in [4.78, 5) is 26.7. The number of carbonyl (C=O) groups excluding carboxylic acids is 2. The minimum Gasteiger partial charge on any atom is -0.341 e. The molecule has 2 saturated carbocycles. The van der Waals surface area contributed by atoms with Crippen LogP contribution >= 0.6 is 0 Å². The lowest BCUT2D eigenvalue weighted by atomic mass is 9.93. The SMILES string of the molecule is C[C@H](NC(=O)c1cnn(C2CC2)c1)C(=O)N1CCC2(CC1)CC2. The molecule has 6 heteroatoms. The monoisotopic (exact) mass is 316 g/mol. The number of hydrogen-bond acceptors (Lipinski definition) is 3. The van der Waals surface area contributed by atoms with Crippen molar-refractivity contribution in [2.45, 2.75) is 57.5 Å². The highest BCUT2D eigenvalue weighted by Gasteiger charge is 2.45. The third-order valence-corrected chi connectivity index (χ3v) is 5.60. The fourth-order valence-corrected chi connectivity index (χ4v) is 3.49. The van der Waals surface area contributed by atoms with Crippen LogP contribution < -0.4 is 5.32 Å². The van der Waals surface area contributed by atoms with E-state index in [4.69, 9.17) is 0 Å². The van der Waals surface area contributed by atoms with Gasteiger partial charge in [0, 0.05) is 19.3 Å². The molecule has 2 heterocycles. The normalized spacial score (nSPS) is 23.6. The molecule has 1 aromatic heterocycles. The van der Waals surface area contributed by atoms with Crippen molar-refractivity contribution in [1.29, 1.82) is 0 Å². The minimum absolute atomic E-state index is 0.0310. The Morgan fingerprint density at radius 1 is 1.26 bits per heavy atom. The van der Waals surface area contributed by atoms with E-state index in [9.17, 15) is 9.59 Å². The highest BCUT2D eigenvalue weighted by atomic mass is 16.2. The lowest BCUT2D eigenvalue weighted by molar-refractivity contribution is -0.134. The Hall–Kier alpha value is -1.85. The van der Waals surface area contributed by atoms with Crippen LogP contribution in [-0.4, -0.2) is 45.6 Å². The first-order valence-corrected chi connectivity index (χ1v) is 8.70. The van der Waals surface area contributed by atoms with Gasteiger partial charge in [-0.1, -0.05) is 0 Å². The number of nitrogens with zero attached hydrogens (tertiary/aromatic N) is 3. The first kappa shape index (κ1) is 14.7. The van der Waals surface area contributed by atoms with Gasteiger partial charge in [0.15, 0.2) is 0 Å². The molecule has 0 bridgehead atoms. The van der Waals surface area contributed by atoms with Crippen molar-refractivity contribution in [3.05, 3.63) is 18.0 Å².